The zero-order chi connectivity index (χ0) is 38.2. The molecule has 0 aromatic heterocycles. The van der Waals surface area contributed by atoms with E-state index in [0.717, 1.165) is 30.5 Å². The van der Waals surface area contributed by atoms with Gasteiger partial charge in [0.25, 0.3) is 11.8 Å². The van der Waals surface area contributed by atoms with Gasteiger partial charge in [-0.25, -0.2) is 4.79 Å². The van der Waals surface area contributed by atoms with Crippen LogP contribution in [0.15, 0.2) is 11.3 Å². The van der Waals surface area contributed by atoms with Crippen LogP contribution in [0.25, 0.3) is 0 Å². The first kappa shape index (κ1) is 45.1. The number of nitrogens with zero attached hydrogens (tertiary/aromatic N) is 1. The highest BCUT2D eigenvalue weighted by Gasteiger charge is 2.35. The number of rotatable bonds is 28. The minimum absolute atomic E-state index is 0.0257. The third-order valence-corrected chi connectivity index (χ3v) is 9.75. The molecule has 0 bridgehead atoms. The summed E-state index contributed by atoms with van der Waals surface area (Å²) >= 11 is 1.92. The highest BCUT2D eigenvalue weighted by molar-refractivity contribution is 7.94. The Morgan fingerprint density at radius 3 is 1.58 bits per heavy atom. The van der Waals surface area contributed by atoms with Gasteiger partial charge in [-0.2, -0.15) is 0 Å². The van der Waals surface area contributed by atoms with Gasteiger partial charge in [0.15, 0.2) is 0 Å². The van der Waals surface area contributed by atoms with E-state index < -0.39 is 23.3 Å². The Hall–Kier alpha value is -3.04. The molecule has 0 aromatic rings. The summed E-state index contributed by atoms with van der Waals surface area (Å²) in [6.45, 7) is 0.824. The van der Waals surface area contributed by atoms with E-state index in [1.165, 1.54) is 0 Å². The molecule has 0 radical (unpaired) electrons. The number of carbonyl (C=O) groups is 7. The Morgan fingerprint density at radius 1 is 0.615 bits per heavy atom. The molecule has 1 saturated heterocycles. The monoisotopic (exact) mass is 792 g/mol. The molecule has 2 fully saturated rings. The lowest BCUT2D eigenvalue weighted by atomic mass is 9.81. The third-order valence-electron chi connectivity index (χ3n) is 8.51. The molecule has 0 unspecified atom stereocenters. The van der Waals surface area contributed by atoms with Crippen LogP contribution in [0.5, 0.6) is 0 Å². The molecule has 0 spiro atoms. The molecule has 20 heteroatoms. The van der Waals surface area contributed by atoms with Crippen LogP contribution < -0.4 is 26.6 Å². The molecule has 0 aromatic carbocycles. The highest BCUT2D eigenvalue weighted by Crippen LogP contribution is 2.34. The fourth-order valence-corrected chi connectivity index (χ4v) is 6.12. The predicted octanol–water partition coefficient (Wildman–Crippen LogP) is 2.34. The van der Waals surface area contributed by atoms with E-state index in [9.17, 15) is 33.6 Å². The molecule has 17 nitrogen and oxygen atoms in total. The SMILES string of the molecule is O=C(CCC(NC(CCC(=O)NCCCSO)(CCC(=O)NCCSO)CCC(=O)NCCSO)=C1CCC1)NCCC(=O)ON1C(=O)CCC1=O. The van der Waals surface area contributed by atoms with Crippen molar-refractivity contribution in [3.63, 3.8) is 0 Å². The van der Waals surface area contributed by atoms with Crippen molar-refractivity contribution in [1.29, 1.82) is 0 Å². The quantitative estimate of drug-likeness (QED) is 0.0322. The van der Waals surface area contributed by atoms with Crippen molar-refractivity contribution in [2.45, 2.75) is 102 Å². The normalized spacial score (nSPS) is 14.1. The van der Waals surface area contributed by atoms with Gasteiger partial charge in [0, 0.05) is 93.2 Å². The largest absolute Gasteiger partial charge is 0.383 e. The summed E-state index contributed by atoms with van der Waals surface area (Å²) < 4.78 is 27.0. The number of imide groups is 1. The van der Waals surface area contributed by atoms with Crippen molar-refractivity contribution < 1.29 is 52.1 Å². The van der Waals surface area contributed by atoms with Gasteiger partial charge in [0.05, 0.1) is 6.42 Å². The molecule has 1 saturated carbocycles. The van der Waals surface area contributed by atoms with Crippen LogP contribution >= 0.6 is 36.1 Å². The van der Waals surface area contributed by atoms with Gasteiger partial charge in [-0.05, 0) is 87.5 Å². The zero-order valence-electron chi connectivity index (χ0n) is 29.3. The number of hydrogen-bond donors (Lipinski definition) is 8. The molecular weight excluding hydrogens is 741 g/mol. The van der Waals surface area contributed by atoms with E-state index in [4.69, 9.17) is 18.5 Å². The van der Waals surface area contributed by atoms with E-state index in [0.29, 0.717) is 71.4 Å². The lowest BCUT2D eigenvalue weighted by molar-refractivity contribution is -0.197. The van der Waals surface area contributed by atoms with Gasteiger partial charge >= 0.3 is 5.97 Å². The Kier molecular flexibility index (Phi) is 22.4. The van der Waals surface area contributed by atoms with Crippen LogP contribution in [0, 0.1) is 0 Å². The highest BCUT2D eigenvalue weighted by atomic mass is 32.2. The molecule has 0 atom stereocenters. The summed E-state index contributed by atoms with van der Waals surface area (Å²) in [6.07, 6.45) is 4.13. The number of hydroxylamine groups is 2. The van der Waals surface area contributed by atoms with E-state index in [-0.39, 0.29) is 114 Å². The van der Waals surface area contributed by atoms with Crippen LogP contribution in [0.2, 0.25) is 0 Å². The predicted molar refractivity (Wildman–Crippen MR) is 197 cm³/mol. The maximum atomic E-state index is 12.9. The Labute approximate surface area is 316 Å². The topological polar surface area (TPSA) is 253 Å². The fourth-order valence-electron chi connectivity index (χ4n) is 5.46. The second kappa shape index (κ2) is 25.9. The first-order valence-electron chi connectivity index (χ1n) is 17.4. The van der Waals surface area contributed by atoms with Gasteiger partial charge in [-0.3, -0.25) is 28.8 Å². The maximum Gasteiger partial charge on any atom is 0.334 e. The summed E-state index contributed by atoms with van der Waals surface area (Å²) in [6, 6.07) is 0. The first-order valence-corrected chi connectivity index (χ1v) is 20.3. The van der Waals surface area contributed by atoms with Gasteiger partial charge in [0.2, 0.25) is 23.6 Å². The molecule has 1 aliphatic heterocycles. The van der Waals surface area contributed by atoms with E-state index >= 15 is 0 Å². The molecule has 6 amide bonds. The second-order valence-corrected chi connectivity index (χ2v) is 14.4. The zero-order valence-corrected chi connectivity index (χ0v) is 31.8. The lowest BCUT2D eigenvalue weighted by Gasteiger charge is -2.39. The molecule has 294 valence electrons. The maximum absolute atomic E-state index is 12.9. The average molecular weight is 793 g/mol. The minimum atomic E-state index is -0.910. The average Bonchev–Trinajstić information content (AvgIpc) is 3.41. The molecule has 8 N–H and O–H groups in total. The molecule has 2 rings (SSSR count). The molecule has 1 heterocycles. The van der Waals surface area contributed by atoms with Crippen molar-refractivity contribution in [3.8, 4) is 0 Å². The Morgan fingerprint density at radius 2 is 1.10 bits per heavy atom. The van der Waals surface area contributed by atoms with Gasteiger partial charge < -0.3 is 45.1 Å². The summed E-state index contributed by atoms with van der Waals surface area (Å²) in [5, 5.41) is 15.1. The number of carbonyl (C=O) groups excluding carboxylic acids is 7. The summed E-state index contributed by atoms with van der Waals surface area (Å²) in [4.78, 5) is 91.8. The molecule has 1 aliphatic carbocycles. The standard InChI is InChI=1S/C32H52N6O11S3/c39-25(34-17-12-31(45)49-38-29(43)7-8-30(38)44)6-5-24(23-3-1-4-23)37-32(14-10-27(41)35-18-21-51-47,15-11-28(42)36-19-22-52-48)13-9-26(40)33-16-2-20-50-46/h37,46-48H,1-22H2,(H,33,40)(H,34,39)(H,35,41)(H,36,42). The van der Waals surface area contributed by atoms with E-state index in [1.54, 1.807) is 0 Å². The summed E-state index contributed by atoms with van der Waals surface area (Å²) in [5.74, 6) is -2.02. The third kappa shape index (κ3) is 18.1. The van der Waals surface area contributed by atoms with Crippen molar-refractivity contribution in [1.82, 2.24) is 31.6 Å². The Balaban J connectivity index is 2.17. The van der Waals surface area contributed by atoms with Crippen LogP contribution in [0.3, 0.4) is 0 Å². The number of allylic oxidation sites excluding steroid dienone is 2. The van der Waals surface area contributed by atoms with Gasteiger partial charge in [0.1, 0.15) is 0 Å². The fraction of sp³-hybridized carbons (Fsp3) is 0.719. The lowest BCUT2D eigenvalue weighted by Crippen LogP contribution is -2.48. The number of hydrogen-bond acceptors (Lipinski definition) is 15. The van der Waals surface area contributed by atoms with Gasteiger partial charge in [-0.15, -0.1) is 5.06 Å². The van der Waals surface area contributed by atoms with Crippen LogP contribution in [-0.2, 0) is 38.4 Å². The number of amides is 6. The van der Waals surface area contributed by atoms with Crippen LogP contribution in [0.4, 0.5) is 0 Å². The van der Waals surface area contributed by atoms with Crippen molar-refractivity contribution >= 4 is 77.5 Å². The first-order chi connectivity index (χ1) is 25.0. The van der Waals surface area contributed by atoms with E-state index in [1.807, 2.05) is 0 Å². The van der Waals surface area contributed by atoms with Crippen molar-refractivity contribution in [2.75, 3.05) is 43.4 Å². The Bertz CT molecular complexity index is 1210. The second-order valence-electron chi connectivity index (χ2n) is 12.4. The van der Waals surface area contributed by atoms with Crippen molar-refractivity contribution in [3.05, 3.63) is 11.3 Å². The molecular formula is C32H52N6O11S3. The summed E-state index contributed by atoms with van der Waals surface area (Å²) in [5.41, 5.74) is 0.981. The number of nitrogens with one attached hydrogen (secondary N) is 5. The van der Waals surface area contributed by atoms with E-state index in [2.05, 4.69) is 26.6 Å². The van der Waals surface area contributed by atoms with Crippen LogP contribution in [0.1, 0.15) is 96.3 Å². The molecule has 52 heavy (non-hydrogen) atoms. The smallest absolute Gasteiger partial charge is 0.334 e. The van der Waals surface area contributed by atoms with Crippen LogP contribution in [-0.4, -0.2) is 109 Å². The van der Waals surface area contributed by atoms with Crippen molar-refractivity contribution in [2.24, 2.45) is 0 Å². The summed E-state index contributed by atoms with van der Waals surface area (Å²) in [7, 11) is 0. The molecule has 2 aliphatic rings. The van der Waals surface area contributed by atoms with Gasteiger partial charge in [-0.1, -0.05) is 5.57 Å². The minimum Gasteiger partial charge on any atom is -0.383 e.